The number of nitrogens with one attached hydrogen (secondary N) is 1. The van der Waals surface area contributed by atoms with Crippen LogP contribution in [-0.2, 0) is 22.3 Å². The molecule has 1 N–H and O–H groups in total. The Balaban J connectivity index is 1.50. The highest BCUT2D eigenvalue weighted by Crippen LogP contribution is 2.30. The first kappa shape index (κ1) is 22.4. The average Bonchev–Trinajstić information content (AvgIpc) is 3.24. The van der Waals surface area contributed by atoms with E-state index in [4.69, 9.17) is 9.26 Å². The number of non-ortho nitro benzene ring substituents is 1. The Hall–Kier alpha value is -4.29. The Morgan fingerprint density at radius 2 is 1.88 bits per heavy atom. The number of hydrogen-bond acceptors (Lipinski definition) is 8. The number of aromatic nitrogens is 2. The zero-order valence-corrected chi connectivity index (χ0v) is 16.0. The van der Waals surface area contributed by atoms with Crippen molar-refractivity contribution in [1.29, 1.82) is 0 Å². The van der Waals surface area contributed by atoms with Gasteiger partial charge in [-0.2, -0.15) is 18.2 Å². The molecule has 0 aliphatic rings. The van der Waals surface area contributed by atoms with Gasteiger partial charge >= 0.3 is 12.1 Å². The fourth-order valence-electron chi connectivity index (χ4n) is 2.45. The number of hydrogen-bond donors (Lipinski definition) is 1. The smallest absolute Gasteiger partial charge is 0.416 e. The van der Waals surface area contributed by atoms with Gasteiger partial charge in [-0.25, -0.2) is 0 Å². The van der Waals surface area contributed by atoms with Crippen LogP contribution >= 0.6 is 0 Å². The molecule has 32 heavy (non-hydrogen) atoms. The van der Waals surface area contributed by atoms with Gasteiger partial charge in [0.25, 0.3) is 17.5 Å². The van der Waals surface area contributed by atoms with Gasteiger partial charge in [0, 0.05) is 23.3 Å². The molecule has 0 aliphatic heterocycles. The molecule has 0 spiro atoms. The number of nitro groups is 1. The van der Waals surface area contributed by atoms with Gasteiger partial charge in [0.15, 0.2) is 6.61 Å². The van der Waals surface area contributed by atoms with Crippen LogP contribution in [-0.4, -0.2) is 33.5 Å². The van der Waals surface area contributed by atoms with Crippen molar-refractivity contribution in [2.45, 2.75) is 12.8 Å². The summed E-state index contributed by atoms with van der Waals surface area (Å²) in [6.07, 6.45) is -4.47. The quantitative estimate of drug-likeness (QED) is 0.329. The molecule has 0 atom stereocenters. The van der Waals surface area contributed by atoms with Gasteiger partial charge in [0.05, 0.1) is 10.5 Å². The number of halogens is 3. The Morgan fingerprint density at radius 3 is 2.53 bits per heavy atom. The third-order valence-electron chi connectivity index (χ3n) is 4.01. The Bertz CT molecular complexity index is 1140. The molecule has 0 unspecified atom stereocenters. The lowest BCUT2D eigenvalue weighted by Crippen LogP contribution is -2.30. The molecule has 3 rings (SSSR count). The molecule has 13 heteroatoms. The van der Waals surface area contributed by atoms with Crippen LogP contribution in [0.1, 0.15) is 21.8 Å². The SMILES string of the molecule is O=C(CNC(=O)c1cccc([N+](=O)[O-])c1)OCc1nc(-c2ccc(C(F)(F)F)cc2)no1. The molecule has 0 saturated heterocycles. The highest BCUT2D eigenvalue weighted by atomic mass is 19.4. The van der Waals surface area contributed by atoms with E-state index in [0.717, 1.165) is 18.2 Å². The van der Waals surface area contributed by atoms with Crippen molar-refractivity contribution in [3.8, 4) is 11.4 Å². The minimum Gasteiger partial charge on any atom is -0.454 e. The summed E-state index contributed by atoms with van der Waals surface area (Å²) in [6, 6.07) is 9.03. The monoisotopic (exact) mass is 450 g/mol. The number of esters is 1. The van der Waals surface area contributed by atoms with Crippen LogP contribution in [0.2, 0.25) is 0 Å². The van der Waals surface area contributed by atoms with E-state index in [1.54, 1.807) is 0 Å². The highest BCUT2D eigenvalue weighted by molar-refractivity contribution is 5.96. The highest BCUT2D eigenvalue weighted by Gasteiger charge is 2.30. The number of rotatable bonds is 7. The van der Waals surface area contributed by atoms with E-state index in [0.29, 0.717) is 0 Å². The minimum absolute atomic E-state index is 0.00347. The van der Waals surface area contributed by atoms with Crippen molar-refractivity contribution in [2.24, 2.45) is 0 Å². The van der Waals surface area contributed by atoms with E-state index >= 15 is 0 Å². The van der Waals surface area contributed by atoms with Crippen LogP contribution in [0.4, 0.5) is 18.9 Å². The lowest BCUT2D eigenvalue weighted by Gasteiger charge is -2.05. The third kappa shape index (κ3) is 5.65. The van der Waals surface area contributed by atoms with Crippen LogP contribution < -0.4 is 5.32 Å². The molecule has 0 radical (unpaired) electrons. The van der Waals surface area contributed by atoms with Gasteiger partial charge in [-0.05, 0) is 18.2 Å². The van der Waals surface area contributed by atoms with E-state index in [2.05, 4.69) is 15.5 Å². The summed E-state index contributed by atoms with van der Waals surface area (Å²) in [6.45, 7) is -0.958. The van der Waals surface area contributed by atoms with Gasteiger partial charge in [-0.15, -0.1) is 0 Å². The molecule has 0 fully saturated rings. The standard InChI is InChI=1S/C19H13F3N4O6/c20-19(21,22)13-6-4-11(5-7-13)17-24-15(32-25-17)10-31-16(27)9-23-18(28)12-2-1-3-14(8-12)26(29)30/h1-8H,9-10H2,(H,23,28). The van der Waals surface area contributed by atoms with Gasteiger partial charge in [0.1, 0.15) is 6.54 Å². The molecule has 166 valence electrons. The van der Waals surface area contributed by atoms with Crippen molar-refractivity contribution < 1.29 is 36.9 Å². The number of benzene rings is 2. The van der Waals surface area contributed by atoms with Crippen molar-refractivity contribution >= 4 is 17.6 Å². The maximum absolute atomic E-state index is 12.6. The maximum atomic E-state index is 12.6. The van der Waals surface area contributed by atoms with Crippen LogP contribution in [0.5, 0.6) is 0 Å². The molecular weight excluding hydrogens is 437 g/mol. The summed E-state index contributed by atoms with van der Waals surface area (Å²) in [5.74, 6) is -1.67. The molecule has 1 heterocycles. The number of alkyl halides is 3. The summed E-state index contributed by atoms with van der Waals surface area (Å²) < 4.78 is 47.6. The zero-order valence-electron chi connectivity index (χ0n) is 16.0. The first-order valence-electron chi connectivity index (χ1n) is 8.82. The number of nitrogens with zero attached hydrogens (tertiary/aromatic N) is 3. The lowest BCUT2D eigenvalue weighted by molar-refractivity contribution is -0.384. The largest absolute Gasteiger partial charge is 0.454 e. The van der Waals surface area contributed by atoms with E-state index in [1.807, 2.05) is 0 Å². The van der Waals surface area contributed by atoms with E-state index < -0.39 is 41.7 Å². The zero-order chi connectivity index (χ0) is 23.3. The van der Waals surface area contributed by atoms with Crippen molar-refractivity contribution in [1.82, 2.24) is 15.5 Å². The number of amides is 1. The summed E-state index contributed by atoms with van der Waals surface area (Å²) >= 11 is 0. The van der Waals surface area contributed by atoms with Crippen molar-refractivity contribution in [3.05, 3.63) is 75.7 Å². The van der Waals surface area contributed by atoms with Gasteiger partial charge in [0.2, 0.25) is 5.82 Å². The summed E-state index contributed by atoms with van der Waals surface area (Å²) in [5, 5.41) is 16.6. The van der Waals surface area contributed by atoms with Gasteiger partial charge < -0.3 is 14.6 Å². The van der Waals surface area contributed by atoms with Crippen LogP contribution in [0.25, 0.3) is 11.4 Å². The predicted octanol–water partition coefficient (Wildman–Crippen LogP) is 3.14. The molecule has 1 amide bonds. The predicted molar refractivity (Wildman–Crippen MR) is 100.0 cm³/mol. The Morgan fingerprint density at radius 1 is 1.16 bits per heavy atom. The van der Waals surface area contributed by atoms with Crippen molar-refractivity contribution in [3.63, 3.8) is 0 Å². The molecule has 3 aromatic rings. The first-order chi connectivity index (χ1) is 15.1. The first-order valence-corrected chi connectivity index (χ1v) is 8.82. The van der Waals surface area contributed by atoms with E-state index in [-0.39, 0.29) is 28.5 Å². The summed E-state index contributed by atoms with van der Waals surface area (Å²) in [5.41, 5.74) is -0.847. The molecule has 2 aromatic carbocycles. The number of carbonyl (C=O) groups is 2. The third-order valence-corrected chi connectivity index (χ3v) is 4.01. The van der Waals surface area contributed by atoms with Gasteiger partial charge in [-0.1, -0.05) is 23.4 Å². The van der Waals surface area contributed by atoms with Crippen LogP contribution in [0.15, 0.2) is 53.1 Å². The van der Waals surface area contributed by atoms with E-state index in [1.165, 1.54) is 30.3 Å². The second-order valence-electron chi connectivity index (χ2n) is 6.24. The maximum Gasteiger partial charge on any atom is 0.416 e. The van der Waals surface area contributed by atoms with Gasteiger partial charge in [-0.3, -0.25) is 19.7 Å². The molecule has 0 aliphatic carbocycles. The second kappa shape index (κ2) is 9.24. The second-order valence-corrected chi connectivity index (χ2v) is 6.24. The molecule has 0 bridgehead atoms. The molecular formula is C19H13F3N4O6. The number of nitro benzene ring substituents is 1. The molecule has 10 nitrogen and oxygen atoms in total. The molecule has 0 saturated carbocycles. The topological polar surface area (TPSA) is 137 Å². The summed E-state index contributed by atoms with van der Waals surface area (Å²) in [7, 11) is 0. The fraction of sp³-hybridized carbons (Fsp3) is 0.158. The van der Waals surface area contributed by atoms with Crippen molar-refractivity contribution in [2.75, 3.05) is 6.54 Å². The lowest BCUT2D eigenvalue weighted by atomic mass is 10.1. The van der Waals surface area contributed by atoms with Crippen LogP contribution in [0, 0.1) is 10.1 Å². The van der Waals surface area contributed by atoms with E-state index in [9.17, 15) is 32.9 Å². The summed E-state index contributed by atoms with van der Waals surface area (Å²) in [4.78, 5) is 37.8. The Labute approximate surface area is 177 Å². The molecule has 1 aromatic heterocycles. The normalized spacial score (nSPS) is 11.1. The number of ether oxygens (including phenoxy) is 1. The Kier molecular flexibility index (Phi) is 6.47. The number of carbonyl (C=O) groups excluding carboxylic acids is 2. The minimum atomic E-state index is -4.47. The fourth-order valence-corrected chi connectivity index (χ4v) is 2.45. The average molecular weight is 450 g/mol. The van der Waals surface area contributed by atoms with Crippen LogP contribution in [0.3, 0.4) is 0 Å².